The molecule has 1 amide bonds. The van der Waals surface area contributed by atoms with Crippen LogP contribution >= 0.6 is 34.7 Å². The van der Waals surface area contributed by atoms with E-state index < -0.39 is 0 Å². The van der Waals surface area contributed by atoms with Crippen LogP contribution in [0.5, 0.6) is 0 Å². The topological polar surface area (TPSA) is 42.0 Å². The molecule has 1 aromatic heterocycles. The minimum atomic E-state index is 0.0729. The standard InChI is InChI=1S/C17H19ClN2OS2/c18-13-6-7-15-14(10-13)20-17(23-15)22-11-16(21)19-9-8-12-4-2-1-3-5-12/h4,6-7,10H,1-3,5,8-9,11H2,(H,19,21). The smallest absolute Gasteiger partial charge is 0.230 e. The van der Waals surface area contributed by atoms with Crippen molar-refractivity contribution in [3.05, 3.63) is 34.9 Å². The molecule has 0 atom stereocenters. The normalized spacial score (nSPS) is 14.7. The number of benzene rings is 1. The number of carbonyl (C=O) groups is 1. The molecular formula is C17H19ClN2OS2. The number of nitrogens with one attached hydrogen (secondary N) is 1. The lowest BCUT2D eigenvalue weighted by molar-refractivity contribution is -0.118. The van der Waals surface area contributed by atoms with Crippen molar-refractivity contribution in [2.75, 3.05) is 12.3 Å². The molecule has 0 fully saturated rings. The first-order chi connectivity index (χ1) is 11.2. The molecule has 0 radical (unpaired) electrons. The van der Waals surface area contributed by atoms with Gasteiger partial charge in [0.1, 0.15) is 0 Å². The predicted molar refractivity (Wildman–Crippen MR) is 99.5 cm³/mol. The van der Waals surface area contributed by atoms with Crippen LogP contribution in [-0.2, 0) is 4.79 Å². The zero-order valence-corrected chi connectivity index (χ0v) is 15.2. The molecular weight excluding hydrogens is 348 g/mol. The van der Waals surface area contributed by atoms with E-state index in [0.717, 1.165) is 27.5 Å². The summed E-state index contributed by atoms with van der Waals surface area (Å²) in [5.74, 6) is 0.482. The molecule has 1 heterocycles. The molecule has 0 aliphatic heterocycles. The predicted octanol–water partition coefficient (Wildman–Crippen LogP) is 5.05. The minimum Gasteiger partial charge on any atom is -0.355 e. The summed E-state index contributed by atoms with van der Waals surface area (Å²) in [6.45, 7) is 0.737. The second-order valence-corrected chi connectivity index (χ2v) is 8.28. The molecule has 1 aromatic carbocycles. The van der Waals surface area contributed by atoms with Gasteiger partial charge in [-0.25, -0.2) is 4.98 Å². The molecule has 0 saturated heterocycles. The SMILES string of the molecule is O=C(CSc1nc2cc(Cl)ccc2s1)NCCC1=CCCCC1. The van der Waals surface area contributed by atoms with Crippen LogP contribution in [0.4, 0.5) is 0 Å². The van der Waals surface area contributed by atoms with E-state index >= 15 is 0 Å². The number of thiazole rings is 1. The van der Waals surface area contributed by atoms with Crippen LogP contribution in [0.1, 0.15) is 32.1 Å². The number of hydrogen-bond acceptors (Lipinski definition) is 4. The average molecular weight is 367 g/mol. The van der Waals surface area contributed by atoms with Crippen LogP contribution in [0, 0.1) is 0 Å². The van der Waals surface area contributed by atoms with E-state index in [1.165, 1.54) is 43.0 Å². The number of hydrogen-bond donors (Lipinski definition) is 1. The van der Waals surface area contributed by atoms with E-state index in [1.54, 1.807) is 11.3 Å². The van der Waals surface area contributed by atoms with Gasteiger partial charge >= 0.3 is 0 Å². The number of nitrogens with zero attached hydrogens (tertiary/aromatic N) is 1. The van der Waals surface area contributed by atoms with E-state index in [-0.39, 0.29) is 5.91 Å². The summed E-state index contributed by atoms with van der Waals surface area (Å²) in [5.41, 5.74) is 2.39. The van der Waals surface area contributed by atoms with Gasteiger partial charge in [0.25, 0.3) is 0 Å². The molecule has 2 aromatic rings. The summed E-state index contributed by atoms with van der Waals surface area (Å²) in [5, 5.41) is 3.69. The van der Waals surface area contributed by atoms with Gasteiger partial charge in [0, 0.05) is 11.6 Å². The van der Waals surface area contributed by atoms with Crippen molar-refractivity contribution in [3.8, 4) is 0 Å². The highest BCUT2D eigenvalue weighted by molar-refractivity contribution is 8.01. The Morgan fingerprint density at radius 2 is 2.30 bits per heavy atom. The van der Waals surface area contributed by atoms with Gasteiger partial charge in [-0.2, -0.15) is 0 Å². The maximum Gasteiger partial charge on any atom is 0.230 e. The first-order valence-corrected chi connectivity index (χ1v) is 10.0. The molecule has 122 valence electrons. The maximum absolute atomic E-state index is 11.9. The lowest BCUT2D eigenvalue weighted by Gasteiger charge is -2.12. The Kier molecular flexibility index (Phi) is 5.97. The fourth-order valence-electron chi connectivity index (χ4n) is 2.61. The first kappa shape index (κ1) is 16.8. The number of carbonyl (C=O) groups excluding carboxylic acids is 1. The number of halogens is 1. The van der Waals surface area contributed by atoms with Gasteiger partial charge in [0.2, 0.25) is 5.91 Å². The monoisotopic (exact) mass is 366 g/mol. The zero-order chi connectivity index (χ0) is 16.1. The number of aromatic nitrogens is 1. The summed E-state index contributed by atoms with van der Waals surface area (Å²) in [6.07, 6.45) is 8.30. The summed E-state index contributed by atoms with van der Waals surface area (Å²) in [6, 6.07) is 5.69. The Labute approximate surface area is 149 Å². The highest BCUT2D eigenvalue weighted by Gasteiger charge is 2.09. The quantitative estimate of drug-likeness (QED) is 0.574. The summed E-state index contributed by atoms with van der Waals surface area (Å²) >= 11 is 9.05. The first-order valence-electron chi connectivity index (χ1n) is 7.84. The molecule has 1 aliphatic carbocycles. The molecule has 23 heavy (non-hydrogen) atoms. The Hall–Kier alpha value is -1.04. The van der Waals surface area contributed by atoms with Crippen molar-refractivity contribution in [1.82, 2.24) is 10.3 Å². The second-order valence-electron chi connectivity index (χ2n) is 5.59. The molecule has 6 heteroatoms. The van der Waals surface area contributed by atoms with E-state index in [9.17, 15) is 4.79 Å². The van der Waals surface area contributed by atoms with Gasteiger partial charge < -0.3 is 5.32 Å². The number of thioether (sulfide) groups is 1. The summed E-state index contributed by atoms with van der Waals surface area (Å²) in [7, 11) is 0. The van der Waals surface area contributed by atoms with Crippen LogP contribution in [0.25, 0.3) is 10.2 Å². The van der Waals surface area contributed by atoms with Crippen molar-refractivity contribution in [1.29, 1.82) is 0 Å². The van der Waals surface area contributed by atoms with E-state index in [0.29, 0.717) is 10.8 Å². The van der Waals surface area contributed by atoms with Gasteiger partial charge in [-0.1, -0.05) is 35.0 Å². The van der Waals surface area contributed by atoms with Crippen molar-refractivity contribution in [2.45, 2.75) is 36.4 Å². The highest BCUT2D eigenvalue weighted by atomic mass is 35.5. The molecule has 0 unspecified atom stereocenters. The Bertz CT molecular complexity index is 726. The van der Waals surface area contributed by atoms with Crippen molar-refractivity contribution in [3.63, 3.8) is 0 Å². The Balaban J connectivity index is 1.43. The largest absolute Gasteiger partial charge is 0.355 e. The van der Waals surface area contributed by atoms with Crippen molar-refractivity contribution < 1.29 is 4.79 Å². The third-order valence-electron chi connectivity index (χ3n) is 3.81. The molecule has 0 bridgehead atoms. The zero-order valence-electron chi connectivity index (χ0n) is 12.8. The van der Waals surface area contributed by atoms with E-state index in [2.05, 4.69) is 16.4 Å². The maximum atomic E-state index is 11.9. The van der Waals surface area contributed by atoms with Crippen LogP contribution in [0.15, 0.2) is 34.2 Å². The van der Waals surface area contributed by atoms with E-state index in [4.69, 9.17) is 11.6 Å². The highest BCUT2D eigenvalue weighted by Crippen LogP contribution is 2.30. The molecule has 0 saturated carbocycles. The third-order valence-corrected chi connectivity index (χ3v) is 6.22. The number of fused-ring (bicyclic) bond motifs is 1. The lowest BCUT2D eigenvalue weighted by Crippen LogP contribution is -2.26. The summed E-state index contributed by atoms with van der Waals surface area (Å²) < 4.78 is 2.01. The average Bonchev–Trinajstić information content (AvgIpc) is 2.96. The number of amides is 1. The van der Waals surface area contributed by atoms with Gasteiger partial charge in [-0.15, -0.1) is 11.3 Å². The van der Waals surface area contributed by atoms with Gasteiger partial charge in [0.15, 0.2) is 4.34 Å². The van der Waals surface area contributed by atoms with Gasteiger partial charge in [0.05, 0.1) is 16.0 Å². The fraction of sp³-hybridized carbons (Fsp3) is 0.412. The van der Waals surface area contributed by atoms with Crippen LogP contribution in [0.2, 0.25) is 5.02 Å². The molecule has 1 N–H and O–H groups in total. The molecule has 3 rings (SSSR count). The minimum absolute atomic E-state index is 0.0729. The summed E-state index contributed by atoms with van der Waals surface area (Å²) in [4.78, 5) is 16.4. The van der Waals surface area contributed by atoms with Crippen molar-refractivity contribution in [2.24, 2.45) is 0 Å². The van der Waals surface area contributed by atoms with Gasteiger partial charge in [-0.3, -0.25) is 4.79 Å². The number of allylic oxidation sites excluding steroid dienone is 1. The molecule has 1 aliphatic rings. The Morgan fingerprint density at radius 1 is 1.39 bits per heavy atom. The van der Waals surface area contributed by atoms with E-state index in [1.807, 2.05) is 18.2 Å². The molecule has 0 spiro atoms. The van der Waals surface area contributed by atoms with Crippen LogP contribution in [-0.4, -0.2) is 23.2 Å². The van der Waals surface area contributed by atoms with Crippen LogP contribution < -0.4 is 5.32 Å². The fourth-order valence-corrected chi connectivity index (χ4v) is 4.66. The van der Waals surface area contributed by atoms with Crippen molar-refractivity contribution >= 4 is 50.8 Å². The third kappa shape index (κ3) is 4.96. The second kappa shape index (κ2) is 8.18. The number of rotatable bonds is 6. The van der Waals surface area contributed by atoms with Gasteiger partial charge in [-0.05, 0) is 50.3 Å². The van der Waals surface area contributed by atoms with Crippen LogP contribution in [0.3, 0.4) is 0 Å². The lowest BCUT2D eigenvalue weighted by atomic mass is 9.97. The Morgan fingerprint density at radius 3 is 3.13 bits per heavy atom. The molecule has 3 nitrogen and oxygen atoms in total.